The van der Waals surface area contributed by atoms with Gasteiger partial charge in [0.15, 0.2) is 0 Å². The number of carbonyl (C=O) groups is 2. The fourth-order valence-electron chi connectivity index (χ4n) is 4.18. The molecular weight excluding hydrogens is 380 g/mol. The Morgan fingerprint density at radius 2 is 2.10 bits per heavy atom. The number of aliphatic imine (C=N–C) groups is 1. The third-order valence-electron chi connectivity index (χ3n) is 5.72. The molecule has 2 atom stereocenters. The molecule has 7 nitrogen and oxygen atoms in total. The number of fused-ring (bicyclic) bond motifs is 1. The maximum atomic E-state index is 13.2. The smallest absolute Gasteiger partial charge is 0.329 e. The highest BCUT2D eigenvalue weighted by Crippen LogP contribution is 2.26. The molecule has 0 bridgehead atoms. The number of hydrogen-bond acceptors (Lipinski definition) is 4. The summed E-state index contributed by atoms with van der Waals surface area (Å²) < 4.78 is 5.83. The van der Waals surface area contributed by atoms with Gasteiger partial charge in [-0.15, -0.1) is 0 Å². The summed E-state index contributed by atoms with van der Waals surface area (Å²) in [6, 6.07) is 9.95. The van der Waals surface area contributed by atoms with Crippen LogP contribution in [0.2, 0.25) is 0 Å². The van der Waals surface area contributed by atoms with E-state index >= 15 is 0 Å². The monoisotopic (exact) mass is 410 g/mol. The van der Waals surface area contributed by atoms with Crippen molar-refractivity contribution in [3.63, 3.8) is 0 Å². The Bertz CT molecular complexity index is 830. The number of benzene rings is 1. The zero-order valence-electron chi connectivity index (χ0n) is 17.5. The molecule has 0 aromatic heterocycles. The lowest BCUT2D eigenvalue weighted by molar-refractivity contribution is -0.117. The number of amides is 3. The van der Waals surface area contributed by atoms with Crippen LogP contribution in [-0.4, -0.2) is 66.0 Å². The first-order chi connectivity index (χ1) is 14.7. The van der Waals surface area contributed by atoms with Crippen LogP contribution < -0.4 is 5.32 Å². The van der Waals surface area contributed by atoms with Crippen molar-refractivity contribution in [1.29, 1.82) is 0 Å². The predicted molar refractivity (Wildman–Crippen MR) is 115 cm³/mol. The number of rotatable bonds is 7. The van der Waals surface area contributed by atoms with E-state index in [9.17, 15) is 9.59 Å². The first-order valence-corrected chi connectivity index (χ1v) is 11.0. The molecule has 0 radical (unpaired) electrons. The summed E-state index contributed by atoms with van der Waals surface area (Å²) in [5.41, 5.74) is 1.64. The molecule has 1 unspecified atom stereocenters. The van der Waals surface area contributed by atoms with Gasteiger partial charge in [0.25, 0.3) is 5.91 Å². The van der Waals surface area contributed by atoms with Crippen LogP contribution in [-0.2, 0) is 16.0 Å². The van der Waals surface area contributed by atoms with Gasteiger partial charge >= 0.3 is 6.03 Å². The first-order valence-electron chi connectivity index (χ1n) is 11.0. The highest BCUT2D eigenvalue weighted by Gasteiger charge is 2.40. The zero-order chi connectivity index (χ0) is 20.9. The number of urea groups is 1. The molecule has 160 valence electrons. The van der Waals surface area contributed by atoms with Gasteiger partial charge in [-0.2, -0.15) is 0 Å². The Morgan fingerprint density at radius 3 is 2.83 bits per heavy atom. The van der Waals surface area contributed by atoms with Gasteiger partial charge in [-0.25, -0.2) is 4.79 Å². The highest BCUT2D eigenvalue weighted by molar-refractivity contribution is 6.25. The third kappa shape index (κ3) is 4.56. The van der Waals surface area contributed by atoms with E-state index in [0.717, 1.165) is 38.7 Å². The summed E-state index contributed by atoms with van der Waals surface area (Å²) in [6.45, 7) is 4.30. The van der Waals surface area contributed by atoms with Crippen molar-refractivity contribution in [2.75, 3.05) is 26.2 Å². The minimum absolute atomic E-state index is 0.0140. The number of nitrogens with zero attached hydrogens (tertiary/aromatic N) is 3. The van der Waals surface area contributed by atoms with Crippen LogP contribution in [0.5, 0.6) is 0 Å². The normalized spacial score (nSPS) is 23.7. The fraction of sp³-hybridized carbons (Fsp3) is 0.522. The fourth-order valence-corrected chi connectivity index (χ4v) is 4.18. The Balaban J connectivity index is 1.55. The van der Waals surface area contributed by atoms with Crippen LogP contribution in [0, 0.1) is 0 Å². The number of ether oxygens (including phenoxy) is 1. The van der Waals surface area contributed by atoms with Gasteiger partial charge in [0.1, 0.15) is 5.84 Å². The highest BCUT2D eigenvalue weighted by atomic mass is 16.5. The Morgan fingerprint density at radius 1 is 1.27 bits per heavy atom. The molecule has 30 heavy (non-hydrogen) atoms. The first kappa shape index (κ1) is 20.6. The van der Waals surface area contributed by atoms with E-state index < -0.39 is 0 Å². The molecule has 0 spiro atoms. The summed E-state index contributed by atoms with van der Waals surface area (Å²) in [4.78, 5) is 34.1. The predicted octanol–water partition coefficient (Wildman–Crippen LogP) is 2.73. The average Bonchev–Trinajstić information content (AvgIpc) is 3.19. The standard InChI is InChI=1S/C23H30N4O3/c1-2-11-24-22(28)20-16-26(15-19-10-6-7-12-30-19)23(29)27-14-18(25-21(20)27)13-17-8-4-3-5-9-17/h3-5,8-9,16,18-19H,2,6-7,10-15H2,1H3,(H,24,28)/t18-,19?/m1/s1. The molecule has 0 saturated carbocycles. The van der Waals surface area contributed by atoms with E-state index in [2.05, 4.69) is 17.4 Å². The van der Waals surface area contributed by atoms with Crippen LogP contribution >= 0.6 is 0 Å². The van der Waals surface area contributed by atoms with Gasteiger partial charge < -0.3 is 10.1 Å². The van der Waals surface area contributed by atoms with Gasteiger partial charge in [-0.3, -0.25) is 19.6 Å². The quantitative estimate of drug-likeness (QED) is 0.751. The van der Waals surface area contributed by atoms with Crippen molar-refractivity contribution in [2.24, 2.45) is 4.99 Å². The van der Waals surface area contributed by atoms with Crippen molar-refractivity contribution in [2.45, 2.75) is 51.2 Å². The Kier molecular flexibility index (Phi) is 6.47. The van der Waals surface area contributed by atoms with E-state index in [0.29, 0.717) is 31.0 Å². The molecule has 3 heterocycles. The molecule has 3 amide bonds. The minimum atomic E-state index is -0.178. The lowest BCUT2D eigenvalue weighted by Gasteiger charge is -2.35. The van der Waals surface area contributed by atoms with Crippen LogP contribution in [0.25, 0.3) is 0 Å². The summed E-state index contributed by atoms with van der Waals surface area (Å²) in [6.07, 6.45) is 6.39. The maximum absolute atomic E-state index is 13.2. The third-order valence-corrected chi connectivity index (χ3v) is 5.72. The van der Waals surface area contributed by atoms with Crippen molar-refractivity contribution >= 4 is 17.8 Å². The molecule has 1 N–H and O–H groups in total. The van der Waals surface area contributed by atoms with Gasteiger partial charge in [0, 0.05) is 19.4 Å². The summed E-state index contributed by atoms with van der Waals surface area (Å²) in [7, 11) is 0. The van der Waals surface area contributed by atoms with Gasteiger partial charge in [-0.1, -0.05) is 37.3 Å². The molecular formula is C23H30N4O3. The van der Waals surface area contributed by atoms with Crippen molar-refractivity contribution < 1.29 is 14.3 Å². The van der Waals surface area contributed by atoms with Crippen LogP contribution in [0.1, 0.15) is 38.2 Å². The molecule has 1 saturated heterocycles. The molecule has 1 aromatic carbocycles. The number of amidine groups is 1. The number of hydrogen-bond donors (Lipinski definition) is 1. The van der Waals surface area contributed by atoms with Crippen LogP contribution in [0.15, 0.2) is 47.1 Å². The van der Waals surface area contributed by atoms with Crippen molar-refractivity contribution in [3.8, 4) is 0 Å². The lowest BCUT2D eigenvalue weighted by Crippen LogP contribution is -2.52. The second-order valence-electron chi connectivity index (χ2n) is 8.13. The van der Waals surface area contributed by atoms with E-state index in [-0.39, 0.29) is 24.1 Å². The van der Waals surface area contributed by atoms with E-state index in [1.165, 1.54) is 5.56 Å². The number of carbonyl (C=O) groups excluding carboxylic acids is 2. The van der Waals surface area contributed by atoms with Crippen LogP contribution in [0.3, 0.4) is 0 Å². The lowest BCUT2D eigenvalue weighted by atomic mass is 10.1. The Labute approximate surface area is 177 Å². The van der Waals surface area contributed by atoms with E-state index in [1.807, 2.05) is 25.1 Å². The molecule has 1 fully saturated rings. The zero-order valence-corrected chi connectivity index (χ0v) is 17.5. The van der Waals surface area contributed by atoms with Gasteiger partial charge in [0.05, 0.1) is 30.8 Å². The van der Waals surface area contributed by atoms with Crippen molar-refractivity contribution in [3.05, 3.63) is 47.7 Å². The Hall–Kier alpha value is -2.67. The minimum Gasteiger partial charge on any atom is -0.376 e. The molecule has 3 aliphatic rings. The SMILES string of the molecule is CCCNC(=O)C1=CN(CC2CCCCO2)C(=O)N2C[C@@H](Cc3ccccc3)N=C12. The van der Waals surface area contributed by atoms with Crippen LogP contribution in [0.4, 0.5) is 4.79 Å². The summed E-state index contributed by atoms with van der Waals surface area (Å²) in [5, 5.41) is 2.93. The largest absolute Gasteiger partial charge is 0.376 e. The number of nitrogens with one attached hydrogen (secondary N) is 1. The second-order valence-corrected chi connectivity index (χ2v) is 8.13. The molecule has 1 aromatic rings. The van der Waals surface area contributed by atoms with Gasteiger partial charge in [0.2, 0.25) is 0 Å². The topological polar surface area (TPSA) is 74.2 Å². The molecule has 0 aliphatic carbocycles. The van der Waals surface area contributed by atoms with Crippen molar-refractivity contribution in [1.82, 2.24) is 15.1 Å². The summed E-state index contributed by atoms with van der Waals surface area (Å²) >= 11 is 0. The molecule has 4 rings (SSSR count). The van der Waals surface area contributed by atoms with E-state index in [1.54, 1.807) is 16.0 Å². The average molecular weight is 411 g/mol. The maximum Gasteiger partial charge on any atom is 0.329 e. The molecule has 7 heteroatoms. The second kappa shape index (κ2) is 9.43. The summed E-state index contributed by atoms with van der Waals surface area (Å²) in [5.74, 6) is 0.318. The van der Waals surface area contributed by atoms with Gasteiger partial charge in [-0.05, 0) is 37.7 Å². The molecule has 3 aliphatic heterocycles. The van der Waals surface area contributed by atoms with E-state index in [4.69, 9.17) is 9.73 Å².